The van der Waals surface area contributed by atoms with Crippen LogP contribution in [0.5, 0.6) is 0 Å². The molecule has 1 fully saturated rings. The normalized spacial score (nSPS) is 17.4. The SMILES string of the molecule is COC(=O)C1CC(=O)N(c2cc(NC(=O)OC(C)(C)C)ccc2C)C1. The summed E-state index contributed by atoms with van der Waals surface area (Å²) in [5.74, 6) is -1.01. The minimum absolute atomic E-state index is 0.121. The van der Waals surface area contributed by atoms with Crippen molar-refractivity contribution in [3.63, 3.8) is 0 Å². The number of methoxy groups -OCH3 is 1. The topological polar surface area (TPSA) is 84.9 Å². The molecule has 0 aliphatic carbocycles. The molecule has 7 nitrogen and oxygen atoms in total. The number of benzene rings is 1. The van der Waals surface area contributed by atoms with Gasteiger partial charge in [-0.1, -0.05) is 6.07 Å². The molecule has 1 N–H and O–H groups in total. The molecule has 1 aromatic rings. The van der Waals surface area contributed by atoms with Gasteiger partial charge in [0.15, 0.2) is 0 Å². The second kappa shape index (κ2) is 7.13. The number of ether oxygens (including phenoxy) is 2. The molecule has 1 unspecified atom stereocenters. The second-order valence-electron chi connectivity index (χ2n) is 7.06. The lowest BCUT2D eigenvalue weighted by Gasteiger charge is -2.22. The maximum atomic E-state index is 12.3. The maximum Gasteiger partial charge on any atom is 0.412 e. The zero-order chi connectivity index (χ0) is 18.8. The molecule has 1 aliphatic heterocycles. The van der Waals surface area contributed by atoms with Crippen LogP contribution in [-0.4, -0.2) is 37.2 Å². The van der Waals surface area contributed by atoms with Crippen LogP contribution in [0.25, 0.3) is 0 Å². The van der Waals surface area contributed by atoms with Crippen molar-refractivity contribution in [2.45, 2.75) is 39.7 Å². The van der Waals surface area contributed by atoms with Crippen molar-refractivity contribution in [1.29, 1.82) is 0 Å². The number of nitrogens with one attached hydrogen (secondary N) is 1. The van der Waals surface area contributed by atoms with Crippen LogP contribution in [0.3, 0.4) is 0 Å². The van der Waals surface area contributed by atoms with Crippen molar-refractivity contribution in [2.24, 2.45) is 5.92 Å². The molecule has 0 aromatic heterocycles. The molecule has 0 radical (unpaired) electrons. The fraction of sp³-hybridized carbons (Fsp3) is 0.500. The zero-order valence-corrected chi connectivity index (χ0v) is 15.2. The molecule has 0 saturated carbocycles. The number of rotatable bonds is 3. The van der Waals surface area contributed by atoms with Gasteiger partial charge in [-0.2, -0.15) is 0 Å². The standard InChI is InChI=1S/C18H24N2O5/c1-11-6-7-13(19-17(23)25-18(2,3)4)9-14(11)20-10-12(8-15(20)21)16(22)24-5/h6-7,9,12H,8,10H2,1-5H3,(H,19,23). The number of hydrogen-bond acceptors (Lipinski definition) is 5. The van der Waals surface area contributed by atoms with Gasteiger partial charge in [-0.05, 0) is 45.4 Å². The lowest BCUT2D eigenvalue weighted by atomic mass is 10.1. The van der Waals surface area contributed by atoms with Gasteiger partial charge in [-0.3, -0.25) is 14.9 Å². The van der Waals surface area contributed by atoms with E-state index >= 15 is 0 Å². The molecule has 1 aliphatic rings. The highest BCUT2D eigenvalue weighted by Crippen LogP contribution is 2.30. The van der Waals surface area contributed by atoms with E-state index in [0.717, 1.165) is 5.56 Å². The van der Waals surface area contributed by atoms with Gasteiger partial charge in [0.1, 0.15) is 5.60 Å². The van der Waals surface area contributed by atoms with Crippen LogP contribution in [0, 0.1) is 12.8 Å². The van der Waals surface area contributed by atoms with Crippen LogP contribution in [0.2, 0.25) is 0 Å². The Morgan fingerprint density at radius 1 is 1.28 bits per heavy atom. The molecule has 136 valence electrons. The molecule has 25 heavy (non-hydrogen) atoms. The van der Waals surface area contributed by atoms with Gasteiger partial charge in [0.2, 0.25) is 5.91 Å². The van der Waals surface area contributed by atoms with Crippen LogP contribution in [0.1, 0.15) is 32.8 Å². The Bertz CT molecular complexity index is 693. The Morgan fingerprint density at radius 3 is 2.56 bits per heavy atom. The predicted molar refractivity (Wildman–Crippen MR) is 93.5 cm³/mol. The minimum atomic E-state index is -0.601. The highest BCUT2D eigenvalue weighted by Gasteiger charge is 2.36. The summed E-state index contributed by atoms with van der Waals surface area (Å²) in [6.07, 6.45) is -0.446. The molecule has 7 heteroatoms. The first kappa shape index (κ1) is 18.8. The van der Waals surface area contributed by atoms with E-state index in [1.54, 1.807) is 43.9 Å². The van der Waals surface area contributed by atoms with Gasteiger partial charge in [0.25, 0.3) is 0 Å². The van der Waals surface area contributed by atoms with Crippen LogP contribution in [-0.2, 0) is 19.1 Å². The van der Waals surface area contributed by atoms with Crippen LogP contribution >= 0.6 is 0 Å². The Balaban J connectivity index is 2.18. The van der Waals surface area contributed by atoms with Gasteiger partial charge < -0.3 is 14.4 Å². The molecule has 1 heterocycles. The van der Waals surface area contributed by atoms with Crippen molar-refractivity contribution in [1.82, 2.24) is 0 Å². The van der Waals surface area contributed by atoms with Crippen molar-refractivity contribution < 1.29 is 23.9 Å². The van der Waals surface area contributed by atoms with Crippen LogP contribution < -0.4 is 10.2 Å². The summed E-state index contributed by atoms with van der Waals surface area (Å²) < 4.78 is 9.96. The maximum absolute atomic E-state index is 12.3. The van der Waals surface area contributed by atoms with E-state index in [4.69, 9.17) is 9.47 Å². The summed E-state index contributed by atoms with van der Waals surface area (Å²) in [6.45, 7) is 7.47. The second-order valence-corrected chi connectivity index (χ2v) is 7.06. The Hall–Kier alpha value is -2.57. The summed E-state index contributed by atoms with van der Waals surface area (Å²) in [5, 5.41) is 2.66. The molecular weight excluding hydrogens is 324 g/mol. The third kappa shape index (κ3) is 4.71. The Kier molecular flexibility index (Phi) is 5.35. The summed E-state index contributed by atoms with van der Waals surface area (Å²) in [7, 11) is 1.31. The number of esters is 1. The fourth-order valence-electron chi connectivity index (χ4n) is 2.66. The molecule has 2 rings (SSSR count). The van der Waals surface area contributed by atoms with Gasteiger partial charge in [0, 0.05) is 24.3 Å². The molecule has 0 spiro atoms. The third-order valence-electron chi connectivity index (χ3n) is 3.80. The predicted octanol–water partition coefficient (Wildman–Crippen LogP) is 2.87. The van der Waals surface area contributed by atoms with E-state index in [0.29, 0.717) is 11.4 Å². The van der Waals surface area contributed by atoms with Crippen molar-refractivity contribution >= 4 is 29.3 Å². The Labute approximate surface area is 147 Å². The third-order valence-corrected chi connectivity index (χ3v) is 3.80. The van der Waals surface area contributed by atoms with Crippen LogP contribution in [0.4, 0.5) is 16.2 Å². The highest BCUT2D eigenvalue weighted by molar-refractivity contribution is 6.00. The number of amides is 2. The van der Waals surface area contributed by atoms with E-state index in [1.807, 2.05) is 6.92 Å². The van der Waals surface area contributed by atoms with Crippen molar-refractivity contribution in [3.05, 3.63) is 23.8 Å². The van der Waals surface area contributed by atoms with E-state index in [9.17, 15) is 14.4 Å². The molecule has 1 atom stereocenters. The number of hydrogen-bond donors (Lipinski definition) is 1. The molecular formula is C18H24N2O5. The minimum Gasteiger partial charge on any atom is -0.469 e. The molecule has 1 aromatic carbocycles. The lowest BCUT2D eigenvalue weighted by molar-refractivity contribution is -0.145. The first-order chi connectivity index (χ1) is 11.6. The number of aryl methyl sites for hydroxylation is 1. The number of anilines is 2. The first-order valence-electron chi connectivity index (χ1n) is 8.09. The molecule has 1 saturated heterocycles. The molecule has 0 bridgehead atoms. The average Bonchev–Trinajstić information content (AvgIpc) is 2.88. The van der Waals surface area contributed by atoms with Gasteiger partial charge in [0.05, 0.1) is 13.0 Å². The van der Waals surface area contributed by atoms with Gasteiger partial charge in [-0.15, -0.1) is 0 Å². The number of carbonyl (C=O) groups is 3. The quantitative estimate of drug-likeness (QED) is 0.849. The van der Waals surface area contributed by atoms with Crippen molar-refractivity contribution in [3.8, 4) is 0 Å². The highest BCUT2D eigenvalue weighted by atomic mass is 16.6. The summed E-state index contributed by atoms with van der Waals surface area (Å²) in [6, 6.07) is 5.25. The smallest absolute Gasteiger partial charge is 0.412 e. The van der Waals surface area contributed by atoms with Crippen LogP contribution in [0.15, 0.2) is 18.2 Å². The van der Waals surface area contributed by atoms with E-state index in [1.165, 1.54) is 7.11 Å². The van der Waals surface area contributed by atoms with E-state index in [2.05, 4.69) is 5.32 Å². The van der Waals surface area contributed by atoms with E-state index < -0.39 is 23.6 Å². The zero-order valence-electron chi connectivity index (χ0n) is 15.2. The average molecular weight is 348 g/mol. The van der Waals surface area contributed by atoms with Crippen molar-refractivity contribution in [2.75, 3.05) is 23.9 Å². The summed E-state index contributed by atoms with van der Waals surface area (Å²) in [5.41, 5.74) is 1.44. The largest absolute Gasteiger partial charge is 0.469 e. The van der Waals surface area contributed by atoms with Gasteiger partial charge in [-0.25, -0.2) is 4.79 Å². The van der Waals surface area contributed by atoms with E-state index in [-0.39, 0.29) is 18.9 Å². The monoisotopic (exact) mass is 348 g/mol. The van der Waals surface area contributed by atoms with Gasteiger partial charge >= 0.3 is 12.1 Å². The molecule has 2 amide bonds. The first-order valence-corrected chi connectivity index (χ1v) is 8.09. The Morgan fingerprint density at radius 2 is 1.96 bits per heavy atom. The summed E-state index contributed by atoms with van der Waals surface area (Å²) in [4.78, 5) is 37.4. The lowest BCUT2D eigenvalue weighted by Crippen LogP contribution is -2.28. The fourth-order valence-corrected chi connectivity index (χ4v) is 2.66. The summed E-state index contributed by atoms with van der Waals surface area (Å²) >= 11 is 0. The number of nitrogens with zero attached hydrogens (tertiary/aromatic N) is 1. The number of carbonyl (C=O) groups excluding carboxylic acids is 3.